The van der Waals surface area contributed by atoms with Crippen LogP contribution in [0.4, 0.5) is 0 Å². The fourth-order valence-corrected chi connectivity index (χ4v) is 2.26. The van der Waals surface area contributed by atoms with E-state index in [1.54, 1.807) is 25.5 Å². The molecule has 2 aromatic carbocycles. The topological polar surface area (TPSA) is 41.8 Å². The van der Waals surface area contributed by atoms with E-state index in [4.69, 9.17) is 4.74 Å². The smallest absolute Gasteiger partial charge is 0.124 e. The Morgan fingerprint density at radius 3 is 2.85 bits per heavy atom. The molecule has 0 radical (unpaired) electrons. The minimum absolute atomic E-state index is 0.231. The number of hydrogen-bond donors (Lipinski definition) is 1. The lowest BCUT2D eigenvalue weighted by molar-refractivity contribution is 0.410. The molecule has 20 heavy (non-hydrogen) atoms. The molecule has 0 fully saturated rings. The maximum Gasteiger partial charge on any atom is 0.124 e. The molecule has 4 heteroatoms. The number of rotatable bonds is 5. The van der Waals surface area contributed by atoms with Crippen LogP contribution in [0.25, 0.3) is 0 Å². The van der Waals surface area contributed by atoms with Gasteiger partial charge in [0.05, 0.1) is 7.11 Å². The Labute approximate surface area is 127 Å². The van der Waals surface area contributed by atoms with Crippen LogP contribution in [0.1, 0.15) is 11.1 Å². The number of methoxy groups -OCH3 is 1. The number of para-hydroxylation sites is 1. The molecule has 2 aromatic rings. The standard InChI is InChI=1S/C16H16BrNO2/c1-20-16-5-3-2-4-12(16)8-9-18-11-13-10-14(17)6-7-15(13)19/h2-7,10-11,19H,8-9H2,1H3. The Balaban J connectivity index is 1.98. The molecule has 0 saturated heterocycles. The number of halogens is 1. The highest BCUT2D eigenvalue weighted by Crippen LogP contribution is 2.20. The lowest BCUT2D eigenvalue weighted by Gasteiger charge is -2.06. The summed E-state index contributed by atoms with van der Waals surface area (Å²) in [5.41, 5.74) is 1.84. The summed E-state index contributed by atoms with van der Waals surface area (Å²) < 4.78 is 6.22. The van der Waals surface area contributed by atoms with Crippen LogP contribution in [0.5, 0.6) is 11.5 Å². The van der Waals surface area contributed by atoms with Crippen molar-refractivity contribution in [2.75, 3.05) is 13.7 Å². The molecule has 3 nitrogen and oxygen atoms in total. The number of phenolic OH excluding ortho intramolecular Hbond substituents is 1. The van der Waals surface area contributed by atoms with Gasteiger partial charge in [0.15, 0.2) is 0 Å². The average molecular weight is 334 g/mol. The highest BCUT2D eigenvalue weighted by Gasteiger charge is 2.01. The monoisotopic (exact) mass is 333 g/mol. The molecule has 0 aliphatic heterocycles. The third-order valence-electron chi connectivity index (χ3n) is 2.92. The number of aromatic hydroxyl groups is 1. The normalized spacial score (nSPS) is 10.9. The van der Waals surface area contributed by atoms with Gasteiger partial charge in [-0.15, -0.1) is 0 Å². The van der Waals surface area contributed by atoms with E-state index >= 15 is 0 Å². The van der Waals surface area contributed by atoms with Gasteiger partial charge in [0.1, 0.15) is 11.5 Å². The van der Waals surface area contributed by atoms with E-state index in [1.165, 1.54) is 0 Å². The molecule has 0 aliphatic carbocycles. The van der Waals surface area contributed by atoms with Crippen LogP contribution >= 0.6 is 15.9 Å². The van der Waals surface area contributed by atoms with E-state index in [1.807, 2.05) is 30.3 Å². The van der Waals surface area contributed by atoms with Gasteiger partial charge in [-0.1, -0.05) is 34.1 Å². The quantitative estimate of drug-likeness (QED) is 0.845. The molecule has 104 valence electrons. The second kappa shape index (κ2) is 7.10. The van der Waals surface area contributed by atoms with Gasteiger partial charge in [-0.25, -0.2) is 0 Å². The largest absolute Gasteiger partial charge is 0.507 e. The summed E-state index contributed by atoms with van der Waals surface area (Å²) >= 11 is 3.37. The Morgan fingerprint density at radius 2 is 2.05 bits per heavy atom. The van der Waals surface area contributed by atoms with Gasteiger partial charge in [-0.2, -0.15) is 0 Å². The van der Waals surface area contributed by atoms with Gasteiger partial charge >= 0.3 is 0 Å². The summed E-state index contributed by atoms with van der Waals surface area (Å²) in [6.07, 6.45) is 2.49. The molecule has 0 bridgehead atoms. The van der Waals surface area contributed by atoms with Crippen LogP contribution in [-0.2, 0) is 6.42 Å². The Kier molecular flexibility index (Phi) is 5.18. The molecule has 0 heterocycles. The number of hydrogen-bond acceptors (Lipinski definition) is 3. The molecule has 0 unspecified atom stereocenters. The Bertz CT molecular complexity index is 611. The third kappa shape index (κ3) is 3.84. The second-order valence-corrected chi connectivity index (χ2v) is 5.22. The van der Waals surface area contributed by atoms with Crippen molar-refractivity contribution < 1.29 is 9.84 Å². The molecule has 0 aromatic heterocycles. The summed E-state index contributed by atoms with van der Waals surface area (Å²) in [6.45, 7) is 0.645. The van der Waals surface area contributed by atoms with Crippen molar-refractivity contribution in [3.8, 4) is 11.5 Å². The molecular formula is C16H16BrNO2. The van der Waals surface area contributed by atoms with E-state index in [-0.39, 0.29) is 5.75 Å². The van der Waals surface area contributed by atoms with E-state index < -0.39 is 0 Å². The van der Waals surface area contributed by atoms with Gasteiger partial charge in [0.25, 0.3) is 0 Å². The van der Waals surface area contributed by atoms with Gasteiger partial charge in [0, 0.05) is 22.8 Å². The predicted molar refractivity (Wildman–Crippen MR) is 85.0 cm³/mol. The summed E-state index contributed by atoms with van der Waals surface area (Å²) in [6, 6.07) is 13.2. The SMILES string of the molecule is COc1ccccc1CCN=Cc1cc(Br)ccc1O. The zero-order chi connectivity index (χ0) is 14.4. The number of phenols is 1. The van der Waals surface area contributed by atoms with E-state index in [0.29, 0.717) is 12.1 Å². The lowest BCUT2D eigenvalue weighted by Crippen LogP contribution is -1.95. The molecule has 1 N–H and O–H groups in total. The molecule has 0 saturated carbocycles. The van der Waals surface area contributed by atoms with Crippen molar-refractivity contribution in [1.29, 1.82) is 0 Å². The number of nitrogens with zero attached hydrogens (tertiary/aromatic N) is 1. The summed E-state index contributed by atoms with van der Waals surface area (Å²) in [5, 5.41) is 9.70. The minimum atomic E-state index is 0.231. The fraction of sp³-hybridized carbons (Fsp3) is 0.188. The number of benzene rings is 2. The molecule has 0 aliphatic rings. The highest BCUT2D eigenvalue weighted by atomic mass is 79.9. The number of aliphatic imine (C=N–C) groups is 1. The molecule has 0 spiro atoms. The second-order valence-electron chi connectivity index (χ2n) is 4.30. The van der Waals surface area contributed by atoms with Crippen LogP contribution in [-0.4, -0.2) is 25.0 Å². The molecule has 2 rings (SSSR count). The maximum absolute atomic E-state index is 9.70. The number of ether oxygens (including phenoxy) is 1. The maximum atomic E-state index is 9.70. The van der Waals surface area contributed by atoms with Crippen LogP contribution in [0.15, 0.2) is 51.9 Å². The summed E-state index contributed by atoms with van der Waals surface area (Å²) in [5.74, 6) is 1.11. The van der Waals surface area contributed by atoms with Crippen LogP contribution < -0.4 is 4.74 Å². The van der Waals surface area contributed by atoms with Crippen molar-refractivity contribution in [3.05, 3.63) is 58.1 Å². The Morgan fingerprint density at radius 1 is 1.25 bits per heavy atom. The van der Waals surface area contributed by atoms with Gasteiger partial charge < -0.3 is 9.84 Å². The van der Waals surface area contributed by atoms with E-state index in [0.717, 1.165) is 22.2 Å². The zero-order valence-corrected chi connectivity index (χ0v) is 12.8. The van der Waals surface area contributed by atoms with Crippen LogP contribution in [0.2, 0.25) is 0 Å². The first-order valence-corrected chi connectivity index (χ1v) is 7.10. The van der Waals surface area contributed by atoms with Gasteiger partial charge in [-0.3, -0.25) is 4.99 Å². The van der Waals surface area contributed by atoms with E-state index in [9.17, 15) is 5.11 Å². The minimum Gasteiger partial charge on any atom is -0.507 e. The molecule has 0 amide bonds. The van der Waals surface area contributed by atoms with Crippen molar-refractivity contribution >= 4 is 22.1 Å². The van der Waals surface area contributed by atoms with Gasteiger partial charge in [0.2, 0.25) is 0 Å². The van der Waals surface area contributed by atoms with E-state index in [2.05, 4.69) is 20.9 Å². The first-order chi connectivity index (χ1) is 9.70. The van der Waals surface area contributed by atoms with Crippen molar-refractivity contribution in [1.82, 2.24) is 0 Å². The van der Waals surface area contributed by atoms with Crippen molar-refractivity contribution in [3.63, 3.8) is 0 Å². The molecule has 0 atom stereocenters. The van der Waals surface area contributed by atoms with Crippen LogP contribution in [0.3, 0.4) is 0 Å². The first kappa shape index (κ1) is 14.6. The summed E-state index contributed by atoms with van der Waals surface area (Å²) in [7, 11) is 1.67. The average Bonchev–Trinajstić information content (AvgIpc) is 2.47. The van der Waals surface area contributed by atoms with Gasteiger partial charge in [-0.05, 0) is 36.2 Å². The molecular weight excluding hydrogens is 318 g/mol. The van der Waals surface area contributed by atoms with Crippen molar-refractivity contribution in [2.24, 2.45) is 4.99 Å². The highest BCUT2D eigenvalue weighted by molar-refractivity contribution is 9.10. The zero-order valence-electron chi connectivity index (χ0n) is 11.2. The predicted octanol–water partition coefficient (Wildman–Crippen LogP) is 3.82. The first-order valence-electron chi connectivity index (χ1n) is 6.31. The fourth-order valence-electron chi connectivity index (χ4n) is 1.89. The van der Waals surface area contributed by atoms with Crippen LogP contribution in [0, 0.1) is 0 Å². The van der Waals surface area contributed by atoms with Crippen molar-refractivity contribution in [2.45, 2.75) is 6.42 Å². The lowest BCUT2D eigenvalue weighted by atomic mass is 10.1. The Hall–Kier alpha value is -1.81. The summed E-state index contributed by atoms with van der Waals surface area (Å²) in [4.78, 5) is 4.35. The third-order valence-corrected chi connectivity index (χ3v) is 3.42.